The molecule has 1 aliphatic heterocycles. The maximum absolute atomic E-state index is 13.6. The first-order valence-corrected chi connectivity index (χ1v) is 12.4. The van der Waals surface area contributed by atoms with Crippen LogP contribution in [0.5, 0.6) is 5.75 Å². The highest BCUT2D eigenvalue weighted by Crippen LogP contribution is 2.46. The van der Waals surface area contributed by atoms with E-state index in [4.69, 9.17) is 9.47 Å². The zero-order valence-electron chi connectivity index (χ0n) is 20.0. The minimum absolute atomic E-state index is 0.0567. The lowest BCUT2D eigenvalue weighted by molar-refractivity contribution is -0.140. The molecule has 0 bridgehead atoms. The lowest BCUT2D eigenvalue weighted by Gasteiger charge is -2.36. The second-order valence-electron chi connectivity index (χ2n) is 9.34. The summed E-state index contributed by atoms with van der Waals surface area (Å²) >= 11 is 3.55. The van der Waals surface area contributed by atoms with E-state index in [0.717, 1.165) is 32.7 Å². The van der Waals surface area contributed by atoms with E-state index in [1.54, 1.807) is 7.11 Å². The van der Waals surface area contributed by atoms with Crippen LogP contribution in [0, 0.1) is 5.92 Å². The summed E-state index contributed by atoms with van der Waals surface area (Å²) in [6.45, 7) is 6.23. The van der Waals surface area contributed by atoms with E-state index >= 15 is 0 Å². The smallest absolute Gasteiger partial charge is 0.336 e. The largest absolute Gasteiger partial charge is 0.497 e. The number of carbonyl (C=O) groups excluding carboxylic acids is 2. The van der Waals surface area contributed by atoms with E-state index in [1.165, 1.54) is 0 Å². The molecule has 0 fully saturated rings. The Hall–Kier alpha value is -2.86. The Morgan fingerprint density at radius 1 is 1.12 bits per heavy atom. The standard InChI is InChI=1S/C28H30BrNO4/c1-16(2)15-34-28(32)25-17(3)30-23-13-20(18-8-10-22(33-4)11-9-18)14-24(31)27(23)26(25)19-6-5-7-21(29)12-19/h5-12,16,20,26,30H,13-15H2,1-4H3/t20-,26-/m1/s1. The first-order chi connectivity index (χ1) is 16.3. The van der Waals surface area contributed by atoms with E-state index < -0.39 is 5.92 Å². The molecular weight excluding hydrogens is 494 g/mol. The number of ether oxygens (including phenoxy) is 2. The highest BCUT2D eigenvalue weighted by atomic mass is 79.9. The quantitative estimate of drug-likeness (QED) is 0.469. The van der Waals surface area contributed by atoms with Gasteiger partial charge in [-0.15, -0.1) is 0 Å². The molecule has 0 amide bonds. The lowest BCUT2D eigenvalue weighted by Crippen LogP contribution is -2.36. The second kappa shape index (κ2) is 10.2. The van der Waals surface area contributed by atoms with Crippen molar-refractivity contribution in [3.05, 3.63) is 86.7 Å². The molecule has 0 spiro atoms. The average Bonchev–Trinajstić information content (AvgIpc) is 2.81. The van der Waals surface area contributed by atoms with E-state index in [2.05, 4.69) is 21.2 Å². The summed E-state index contributed by atoms with van der Waals surface area (Å²) in [5, 5.41) is 3.41. The van der Waals surface area contributed by atoms with Gasteiger partial charge in [0.1, 0.15) is 5.75 Å². The molecule has 0 unspecified atom stereocenters. The van der Waals surface area contributed by atoms with E-state index in [1.807, 2.05) is 69.3 Å². The molecule has 34 heavy (non-hydrogen) atoms. The summed E-state index contributed by atoms with van der Waals surface area (Å²) in [5.41, 5.74) is 4.81. The minimum Gasteiger partial charge on any atom is -0.497 e. The molecule has 0 aromatic heterocycles. The van der Waals surface area contributed by atoms with E-state index in [0.29, 0.717) is 30.6 Å². The number of Topliss-reactive ketones (excluding diaryl/α,β-unsaturated/α-hetero) is 1. The molecule has 2 aromatic carbocycles. The Labute approximate surface area is 209 Å². The maximum atomic E-state index is 13.6. The lowest BCUT2D eigenvalue weighted by atomic mass is 9.72. The van der Waals surface area contributed by atoms with Gasteiger partial charge in [0, 0.05) is 33.8 Å². The summed E-state index contributed by atoms with van der Waals surface area (Å²) in [6.07, 6.45) is 1.09. The van der Waals surface area contributed by atoms with Crippen molar-refractivity contribution in [3.63, 3.8) is 0 Å². The van der Waals surface area contributed by atoms with Crippen molar-refractivity contribution in [2.24, 2.45) is 5.92 Å². The number of halogens is 1. The molecule has 0 saturated carbocycles. The van der Waals surface area contributed by atoms with Crippen molar-refractivity contribution in [2.45, 2.75) is 45.4 Å². The summed E-state index contributed by atoms with van der Waals surface area (Å²) in [6, 6.07) is 15.7. The van der Waals surface area contributed by atoms with Crippen LogP contribution in [0.15, 0.2) is 75.5 Å². The van der Waals surface area contributed by atoms with Crippen LogP contribution in [0.4, 0.5) is 0 Å². The summed E-state index contributed by atoms with van der Waals surface area (Å²) in [4.78, 5) is 26.9. The number of carbonyl (C=O) groups is 2. The topological polar surface area (TPSA) is 64.6 Å². The zero-order valence-corrected chi connectivity index (χ0v) is 21.6. The summed E-state index contributed by atoms with van der Waals surface area (Å²) in [7, 11) is 1.64. The van der Waals surface area contributed by atoms with E-state index in [-0.39, 0.29) is 23.6 Å². The van der Waals surface area contributed by atoms with Crippen molar-refractivity contribution in [1.29, 1.82) is 0 Å². The van der Waals surface area contributed by atoms with Crippen molar-refractivity contribution in [3.8, 4) is 5.75 Å². The molecule has 2 aliphatic rings. The van der Waals surface area contributed by atoms with Crippen LogP contribution in [0.2, 0.25) is 0 Å². The Bertz CT molecular complexity index is 1160. The van der Waals surface area contributed by atoms with Crippen LogP contribution in [-0.2, 0) is 14.3 Å². The molecule has 2 aromatic rings. The van der Waals surface area contributed by atoms with Gasteiger partial charge in [-0.1, -0.05) is 54.0 Å². The van der Waals surface area contributed by atoms with Crippen molar-refractivity contribution < 1.29 is 19.1 Å². The van der Waals surface area contributed by atoms with Crippen molar-refractivity contribution in [2.75, 3.05) is 13.7 Å². The molecule has 5 nitrogen and oxygen atoms in total. The van der Waals surface area contributed by atoms with Gasteiger partial charge in [0.05, 0.1) is 19.3 Å². The van der Waals surface area contributed by atoms with Crippen LogP contribution in [0.1, 0.15) is 56.6 Å². The van der Waals surface area contributed by atoms with Crippen LogP contribution in [0.3, 0.4) is 0 Å². The summed E-state index contributed by atoms with van der Waals surface area (Å²) in [5.74, 6) is 0.302. The fourth-order valence-electron chi connectivity index (χ4n) is 4.76. The monoisotopic (exact) mass is 523 g/mol. The molecule has 1 heterocycles. The van der Waals surface area contributed by atoms with Gasteiger partial charge in [-0.05, 0) is 60.6 Å². The Morgan fingerprint density at radius 2 is 1.85 bits per heavy atom. The molecule has 1 N–H and O–H groups in total. The number of esters is 1. The molecule has 0 saturated heterocycles. The van der Waals surface area contributed by atoms with Crippen molar-refractivity contribution in [1.82, 2.24) is 5.32 Å². The number of hydrogen-bond acceptors (Lipinski definition) is 5. The highest BCUT2D eigenvalue weighted by molar-refractivity contribution is 9.10. The van der Waals surface area contributed by atoms with Gasteiger partial charge in [0.25, 0.3) is 0 Å². The molecule has 2 atom stereocenters. The normalized spacial score (nSPS) is 20.2. The molecule has 178 valence electrons. The first-order valence-electron chi connectivity index (χ1n) is 11.6. The number of allylic oxidation sites excluding steroid dienone is 3. The van der Waals surface area contributed by atoms with Crippen LogP contribution < -0.4 is 10.1 Å². The minimum atomic E-state index is -0.460. The summed E-state index contributed by atoms with van der Waals surface area (Å²) < 4.78 is 11.8. The van der Waals surface area contributed by atoms with Crippen molar-refractivity contribution >= 4 is 27.7 Å². The zero-order chi connectivity index (χ0) is 24.4. The third-order valence-electron chi connectivity index (χ3n) is 6.36. The molecule has 6 heteroatoms. The fraction of sp³-hybridized carbons (Fsp3) is 0.357. The van der Waals surface area contributed by atoms with E-state index in [9.17, 15) is 9.59 Å². The van der Waals surface area contributed by atoms with Gasteiger partial charge in [0.15, 0.2) is 5.78 Å². The fourth-order valence-corrected chi connectivity index (χ4v) is 5.18. The first kappa shape index (κ1) is 24.3. The third-order valence-corrected chi connectivity index (χ3v) is 6.86. The second-order valence-corrected chi connectivity index (χ2v) is 10.3. The number of dihydropyridines is 1. The predicted octanol–water partition coefficient (Wildman–Crippen LogP) is 6.02. The number of hydrogen-bond donors (Lipinski definition) is 1. The Balaban J connectivity index is 1.74. The maximum Gasteiger partial charge on any atom is 0.336 e. The number of benzene rings is 2. The van der Waals surface area contributed by atoms with Gasteiger partial charge in [0.2, 0.25) is 0 Å². The van der Waals surface area contributed by atoms with Gasteiger partial charge < -0.3 is 14.8 Å². The Kier molecular flexibility index (Phi) is 7.27. The molecule has 1 aliphatic carbocycles. The van der Waals surface area contributed by atoms with Crippen LogP contribution in [-0.4, -0.2) is 25.5 Å². The third kappa shape index (κ3) is 4.97. The SMILES string of the molecule is COc1ccc([C@H]2CC(=O)C3=C(C2)NC(C)=C(C(=O)OCC(C)C)[C@H]3c2cccc(Br)c2)cc1. The van der Waals surface area contributed by atoms with Gasteiger partial charge in [-0.3, -0.25) is 4.79 Å². The molecular formula is C28H30BrNO4. The van der Waals surface area contributed by atoms with Crippen LogP contribution in [0.25, 0.3) is 0 Å². The number of nitrogens with one attached hydrogen (secondary N) is 1. The number of methoxy groups -OCH3 is 1. The Morgan fingerprint density at radius 3 is 2.50 bits per heavy atom. The van der Waals surface area contributed by atoms with Gasteiger partial charge in [-0.25, -0.2) is 4.79 Å². The number of rotatable bonds is 6. The molecule has 0 radical (unpaired) electrons. The van der Waals surface area contributed by atoms with Gasteiger partial charge >= 0.3 is 5.97 Å². The number of ketones is 1. The predicted molar refractivity (Wildman–Crippen MR) is 136 cm³/mol. The van der Waals surface area contributed by atoms with Crippen LogP contribution >= 0.6 is 15.9 Å². The highest BCUT2D eigenvalue weighted by Gasteiger charge is 2.41. The molecule has 4 rings (SSSR count). The van der Waals surface area contributed by atoms with Gasteiger partial charge in [-0.2, -0.15) is 0 Å². The average molecular weight is 524 g/mol.